The van der Waals surface area contributed by atoms with E-state index in [0.29, 0.717) is 0 Å². The van der Waals surface area contributed by atoms with Crippen LogP contribution in [-0.4, -0.2) is 31.9 Å². The number of halogens is 3. The molecule has 12 heteroatoms. The molecular formula is C15H16F3N3O5S. The molecule has 1 heterocycles. The largest absolute Gasteiger partial charge is 0.573 e. The minimum absolute atomic E-state index is 0.0767. The van der Waals surface area contributed by atoms with E-state index in [0.717, 1.165) is 12.1 Å². The topological polar surface area (TPSA) is 111 Å². The summed E-state index contributed by atoms with van der Waals surface area (Å²) in [5.74, 6) is -1.09. The van der Waals surface area contributed by atoms with Gasteiger partial charge >= 0.3 is 6.36 Å². The van der Waals surface area contributed by atoms with Gasteiger partial charge in [0.1, 0.15) is 16.3 Å². The van der Waals surface area contributed by atoms with Crippen LogP contribution < -0.4 is 14.8 Å². The zero-order valence-electron chi connectivity index (χ0n) is 14.4. The van der Waals surface area contributed by atoms with Gasteiger partial charge in [-0.15, -0.1) is 13.2 Å². The predicted molar refractivity (Wildman–Crippen MR) is 87.5 cm³/mol. The van der Waals surface area contributed by atoms with Crippen LogP contribution in [0.4, 0.5) is 18.9 Å². The Hall–Kier alpha value is -2.60. The van der Waals surface area contributed by atoms with Crippen LogP contribution in [0.2, 0.25) is 0 Å². The molecule has 0 aliphatic rings. The smallest absolute Gasteiger partial charge is 0.406 e. The first kappa shape index (κ1) is 20.7. The van der Waals surface area contributed by atoms with E-state index in [9.17, 15) is 26.4 Å². The van der Waals surface area contributed by atoms with Crippen molar-refractivity contribution in [3.8, 4) is 5.75 Å². The standard InChI is InChI=1S/C15H16F3N3O5S/c1-8-13(10(3)26-20-8)27(23,24)21-9(2)14(22)19-11-4-6-12(7-5-11)25-15(16,17)18/h4-7,9,21H,1-3H3,(H,19,22)/t9-/m0/s1. The van der Waals surface area contributed by atoms with Crippen LogP contribution in [0.5, 0.6) is 5.75 Å². The number of anilines is 1. The molecule has 0 aliphatic carbocycles. The van der Waals surface area contributed by atoms with Crippen LogP contribution in [-0.2, 0) is 14.8 Å². The third-order valence-corrected chi connectivity index (χ3v) is 5.10. The predicted octanol–water partition coefficient (Wildman–Crippen LogP) is 2.50. The van der Waals surface area contributed by atoms with E-state index in [1.165, 1.54) is 32.9 Å². The molecule has 2 rings (SSSR count). The number of nitrogens with one attached hydrogen (secondary N) is 2. The molecule has 0 fully saturated rings. The van der Waals surface area contributed by atoms with Gasteiger partial charge in [0.2, 0.25) is 15.9 Å². The second-order valence-electron chi connectivity index (χ2n) is 5.56. The molecule has 0 saturated carbocycles. The molecule has 1 atom stereocenters. The second kappa shape index (κ2) is 7.56. The van der Waals surface area contributed by atoms with Gasteiger partial charge in [-0.25, -0.2) is 8.42 Å². The fourth-order valence-corrected chi connectivity index (χ4v) is 3.73. The highest BCUT2D eigenvalue weighted by Gasteiger charge is 2.31. The van der Waals surface area contributed by atoms with Crippen molar-refractivity contribution in [1.82, 2.24) is 9.88 Å². The van der Waals surface area contributed by atoms with Gasteiger partial charge < -0.3 is 14.6 Å². The number of hydrogen-bond donors (Lipinski definition) is 2. The molecule has 8 nitrogen and oxygen atoms in total. The average molecular weight is 407 g/mol. The summed E-state index contributed by atoms with van der Waals surface area (Å²) in [6.07, 6.45) is -4.82. The summed E-state index contributed by atoms with van der Waals surface area (Å²) in [6.45, 7) is 4.18. The number of ether oxygens (including phenoxy) is 1. The number of sulfonamides is 1. The molecule has 2 N–H and O–H groups in total. The van der Waals surface area contributed by atoms with E-state index < -0.39 is 34.1 Å². The summed E-state index contributed by atoms with van der Waals surface area (Å²) in [5, 5.41) is 5.94. The first-order valence-corrected chi connectivity index (χ1v) is 8.99. The number of benzene rings is 1. The first-order valence-electron chi connectivity index (χ1n) is 7.51. The van der Waals surface area contributed by atoms with E-state index in [-0.39, 0.29) is 22.0 Å². The van der Waals surface area contributed by atoms with Crippen molar-refractivity contribution in [2.24, 2.45) is 0 Å². The summed E-state index contributed by atoms with van der Waals surface area (Å²) in [6, 6.07) is 3.24. The Morgan fingerprint density at radius 1 is 1.22 bits per heavy atom. The van der Waals surface area contributed by atoms with Crippen LogP contribution in [0.25, 0.3) is 0 Å². The maximum absolute atomic E-state index is 12.4. The van der Waals surface area contributed by atoms with Crippen molar-refractivity contribution in [2.75, 3.05) is 5.32 Å². The number of amides is 1. The number of hydrogen-bond acceptors (Lipinski definition) is 6. The van der Waals surface area contributed by atoms with Crippen LogP contribution in [0.15, 0.2) is 33.7 Å². The molecule has 0 bridgehead atoms. The number of aromatic nitrogens is 1. The number of rotatable bonds is 6. The second-order valence-corrected chi connectivity index (χ2v) is 7.21. The van der Waals surface area contributed by atoms with Crippen LogP contribution >= 0.6 is 0 Å². The van der Waals surface area contributed by atoms with Gasteiger partial charge in [-0.05, 0) is 45.0 Å². The van der Waals surface area contributed by atoms with Crippen molar-refractivity contribution in [3.63, 3.8) is 0 Å². The molecule has 0 unspecified atom stereocenters. The monoisotopic (exact) mass is 407 g/mol. The lowest BCUT2D eigenvalue weighted by Crippen LogP contribution is -2.41. The van der Waals surface area contributed by atoms with Crippen molar-refractivity contribution in [3.05, 3.63) is 35.7 Å². The van der Waals surface area contributed by atoms with Crippen LogP contribution in [0.3, 0.4) is 0 Å². The van der Waals surface area contributed by atoms with Gasteiger partial charge in [0.05, 0.1) is 6.04 Å². The minimum atomic E-state index is -4.82. The Morgan fingerprint density at radius 2 is 1.81 bits per heavy atom. The van der Waals surface area contributed by atoms with Crippen molar-refractivity contribution < 1.29 is 35.6 Å². The molecule has 148 valence electrons. The van der Waals surface area contributed by atoms with Crippen molar-refractivity contribution >= 4 is 21.6 Å². The molecule has 1 amide bonds. The molecule has 1 aromatic carbocycles. The van der Waals surface area contributed by atoms with E-state index >= 15 is 0 Å². The highest BCUT2D eigenvalue weighted by molar-refractivity contribution is 7.89. The zero-order chi connectivity index (χ0) is 20.4. The third kappa shape index (κ3) is 5.44. The summed E-state index contributed by atoms with van der Waals surface area (Å²) < 4.78 is 71.8. The molecule has 27 heavy (non-hydrogen) atoms. The quantitative estimate of drug-likeness (QED) is 0.761. The summed E-state index contributed by atoms with van der Waals surface area (Å²) in [5.41, 5.74) is 0.311. The number of nitrogens with zero attached hydrogens (tertiary/aromatic N) is 1. The van der Waals surface area contributed by atoms with Gasteiger partial charge in [-0.2, -0.15) is 4.72 Å². The third-order valence-electron chi connectivity index (χ3n) is 3.32. The minimum Gasteiger partial charge on any atom is -0.406 e. The molecule has 1 aromatic heterocycles. The van der Waals surface area contributed by atoms with Gasteiger partial charge in [-0.3, -0.25) is 4.79 Å². The Bertz CT molecular complexity index is 904. The van der Waals surface area contributed by atoms with E-state index in [1.54, 1.807) is 0 Å². The van der Waals surface area contributed by atoms with Gasteiger partial charge in [0.15, 0.2) is 5.76 Å². The Balaban J connectivity index is 2.03. The van der Waals surface area contributed by atoms with E-state index in [2.05, 4.69) is 19.9 Å². The zero-order valence-corrected chi connectivity index (χ0v) is 15.2. The van der Waals surface area contributed by atoms with Gasteiger partial charge in [0, 0.05) is 5.69 Å². The van der Waals surface area contributed by atoms with Crippen molar-refractivity contribution in [1.29, 1.82) is 0 Å². The Labute approximate surface area is 152 Å². The Morgan fingerprint density at radius 3 is 2.30 bits per heavy atom. The normalized spacial score (nSPS) is 13.3. The first-order chi connectivity index (χ1) is 12.4. The molecular weight excluding hydrogens is 391 g/mol. The fourth-order valence-electron chi connectivity index (χ4n) is 2.19. The molecule has 0 radical (unpaired) electrons. The summed E-state index contributed by atoms with van der Waals surface area (Å²) >= 11 is 0. The highest BCUT2D eigenvalue weighted by atomic mass is 32.2. The molecule has 2 aromatic rings. The SMILES string of the molecule is Cc1noc(C)c1S(=O)(=O)N[C@@H](C)C(=O)Nc1ccc(OC(F)(F)F)cc1. The van der Waals surface area contributed by atoms with E-state index in [4.69, 9.17) is 4.52 Å². The number of aryl methyl sites for hydroxylation is 2. The summed E-state index contributed by atoms with van der Waals surface area (Å²) in [4.78, 5) is 12.0. The molecule has 0 spiro atoms. The van der Waals surface area contributed by atoms with E-state index in [1.807, 2.05) is 0 Å². The average Bonchev–Trinajstić information content (AvgIpc) is 2.87. The maximum Gasteiger partial charge on any atom is 0.573 e. The van der Waals surface area contributed by atoms with Gasteiger partial charge in [0.25, 0.3) is 0 Å². The molecule has 0 saturated heterocycles. The maximum atomic E-state index is 12.4. The summed E-state index contributed by atoms with van der Waals surface area (Å²) in [7, 11) is -4.05. The lowest BCUT2D eigenvalue weighted by atomic mass is 10.2. The van der Waals surface area contributed by atoms with Crippen LogP contribution in [0, 0.1) is 13.8 Å². The lowest BCUT2D eigenvalue weighted by Gasteiger charge is -2.15. The lowest BCUT2D eigenvalue weighted by molar-refractivity contribution is -0.274. The van der Waals surface area contributed by atoms with Gasteiger partial charge in [-0.1, -0.05) is 5.16 Å². The number of alkyl halides is 3. The molecule has 0 aliphatic heterocycles. The van der Waals surface area contributed by atoms with Crippen molar-refractivity contribution in [2.45, 2.75) is 38.1 Å². The fraction of sp³-hybridized carbons (Fsp3) is 0.333. The number of carbonyl (C=O) groups excluding carboxylic acids is 1. The number of carbonyl (C=O) groups is 1. The highest BCUT2D eigenvalue weighted by Crippen LogP contribution is 2.24. The Kier molecular flexibility index (Phi) is 5.80. The van der Waals surface area contributed by atoms with Crippen LogP contribution in [0.1, 0.15) is 18.4 Å².